The first-order valence-corrected chi connectivity index (χ1v) is 8.63. The number of amides is 1. The average molecular weight is 362 g/mol. The lowest BCUT2D eigenvalue weighted by Crippen LogP contribution is -2.48. The molecule has 1 aliphatic carbocycles. The summed E-state index contributed by atoms with van der Waals surface area (Å²) >= 11 is 6.19. The number of rotatable bonds is 5. The first kappa shape index (κ1) is 17.5. The second-order valence-electron chi connectivity index (χ2n) is 6.57. The summed E-state index contributed by atoms with van der Waals surface area (Å²) in [6.07, 6.45) is 4.86. The maximum Gasteiger partial charge on any atom is 0.305 e. The van der Waals surface area contributed by atoms with Gasteiger partial charge in [0, 0.05) is 11.8 Å². The highest BCUT2D eigenvalue weighted by molar-refractivity contribution is 6.32. The Labute approximate surface area is 150 Å². The van der Waals surface area contributed by atoms with Crippen LogP contribution in [0.3, 0.4) is 0 Å². The maximum atomic E-state index is 12.7. The molecule has 0 radical (unpaired) electrons. The van der Waals surface area contributed by atoms with Crippen molar-refractivity contribution in [2.45, 2.75) is 44.6 Å². The molecular formula is C18H20ClN3O3. The summed E-state index contributed by atoms with van der Waals surface area (Å²) in [4.78, 5) is 23.9. The van der Waals surface area contributed by atoms with Crippen molar-refractivity contribution in [3.05, 3.63) is 46.7 Å². The number of aliphatic carboxylic acids is 1. The molecule has 6 nitrogen and oxygen atoms in total. The molecule has 0 saturated heterocycles. The number of halogens is 1. The van der Waals surface area contributed by atoms with Gasteiger partial charge in [0.1, 0.15) is 0 Å². The van der Waals surface area contributed by atoms with Crippen molar-refractivity contribution in [1.29, 1.82) is 0 Å². The van der Waals surface area contributed by atoms with E-state index in [0.29, 0.717) is 29.1 Å². The Morgan fingerprint density at radius 3 is 2.64 bits per heavy atom. The van der Waals surface area contributed by atoms with Crippen LogP contribution < -0.4 is 5.32 Å². The molecule has 0 atom stereocenters. The van der Waals surface area contributed by atoms with Crippen molar-refractivity contribution in [3.8, 4) is 5.69 Å². The van der Waals surface area contributed by atoms with Crippen molar-refractivity contribution in [1.82, 2.24) is 15.1 Å². The van der Waals surface area contributed by atoms with E-state index in [1.807, 2.05) is 18.2 Å². The Hall–Kier alpha value is -2.34. The molecule has 3 rings (SSSR count). The van der Waals surface area contributed by atoms with Crippen LogP contribution in [0.5, 0.6) is 0 Å². The molecule has 1 aromatic heterocycles. The first-order valence-electron chi connectivity index (χ1n) is 8.26. The van der Waals surface area contributed by atoms with E-state index in [2.05, 4.69) is 10.4 Å². The first-order chi connectivity index (χ1) is 11.9. The van der Waals surface area contributed by atoms with Gasteiger partial charge in [-0.05, 0) is 31.9 Å². The highest BCUT2D eigenvalue weighted by Gasteiger charge is 2.38. The van der Waals surface area contributed by atoms with Crippen LogP contribution in [0.4, 0.5) is 0 Å². The average Bonchev–Trinajstić information content (AvgIpc) is 3.14. The third-order valence-corrected chi connectivity index (χ3v) is 4.96. The van der Waals surface area contributed by atoms with Gasteiger partial charge in [0.2, 0.25) is 0 Å². The second-order valence-corrected chi connectivity index (χ2v) is 6.98. The molecule has 0 bridgehead atoms. The van der Waals surface area contributed by atoms with Gasteiger partial charge in [0.25, 0.3) is 5.91 Å². The Bertz CT molecular complexity index is 810. The number of hydrogen-bond donors (Lipinski definition) is 2. The Morgan fingerprint density at radius 1 is 1.32 bits per heavy atom. The summed E-state index contributed by atoms with van der Waals surface area (Å²) in [5.74, 6) is -1.24. The van der Waals surface area contributed by atoms with Crippen molar-refractivity contribution in [3.63, 3.8) is 0 Å². The summed E-state index contributed by atoms with van der Waals surface area (Å²) in [6, 6.07) is 7.25. The van der Waals surface area contributed by atoms with Crippen LogP contribution in [-0.4, -0.2) is 32.3 Å². The summed E-state index contributed by atoms with van der Waals surface area (Å²) in [5, 5.41) is 17.0. The highest BCUT2D eigenvalue weighted by atomic mass is 35.5. The molecule has 0 unspecified atom stereocenters. The van der Waals surface area contributed by atoms with E-state index in [9.17, 15) is 14.7 Å². The molecule has 1 heterocycles. The third kappa shape index (κ3) is 3.69. The smallest absolute Gasteiger partial charge is 0.305 e. The van der Waals surface area contributed by atoms with Crippen LogP contribution in [0.15, 0.2) is 30.5 Å². The van der Waals surface area contributed by atoms with Crippen LogP contribution in [0.2, 0.25) is 5.02 Å². The van der Waals surface area contributed by atoms with Crippen molar-refractivity contribution < 1.29 is 14.7 Å². The van der Waals surface area contributed by atoms with Gasteiger partial charge in [-0.15, -0.1) is 0 Å². The predicted molar refractivity (Wildman–Crippen MR) is 94.2 cm³/mol. The highest BCUT2D eigenvalue weighted by Crippen LogP contribution is 2.33. The topological polar surface area (TPSA) is 84.2 Å². The van der Waals surface area contributed by atoms with Crippen molar-refractivity contribution in [2.75, 3.05) is 0 Å². The quantitative estimate of drug-likeness (QED) is 0.855. The summed E-state index contributed by atoms with van der Waals surface area (Å²) in [6.45, 7) is 1.80. The van der Waals surface area contributed by atoms with E-state index in [1.165, 1.54) is 0 Å². The Balaban J connectivity index is 1.85. The van der Waals surface area contributed by atoms with Crippen molar-refractivity contribution in [2.24, 2.45) is 0 Å². The standard InChI is InChI=1S/C18H20ClN3O3/c1-12-11-22(14-7-3-2-6-13(14)19)21-16(12)17(25)20-18(10-15(23)24)8-4-5-9-18/h2-3,6-7,11H,4-5,8-10H2,1H3,(H,20,25)(H,23,24). The number of carboxylic acids is 1. The maximum absolute atomic E-state index is 12.7. The molecule has 2 aromatic rings. The molecule has 25 heavy (non-hydrogen) atoms. The number of benzene rings is 1. The zero-order valence-electron chi connectivity index (χ0n) is 14.0. The number of carbonyl (C=O) groups is 2. The number of carboxylic acid groups (broad SMARTS) is 1. The van der Waals surface area contributed by atoms with E-state index >= 15 is 0 Å². The molecule has 132 valence electrons. The van der Waals surface area contributed by atoms with Crippen LogP contribution in [0, 0.1) is 6.92 Å². The zero-order valence-corrected chi connectivity index (χ0v) is 14.7. The Morgan fingerprint density at radius 2 is 2.00 bits per heavy atom. The predicted octanol–water partition coefficient (Wildman–Crippen LogP) is 3.35. The lowest BCUT2D eigenvalue weighted by Gasteiger charge is -2.28. The van der Waals surface area contributed by atoms with Crippen molar-refractivity contribution >= 4 is 23.5 Å². The van der Waals surface area contributed by atoms with Gasteiger partial charge in [-0.1, -0.05) is 36.6 Å². The summed E-state index contributed by atoms with van der Waals surface area (Å²) in [7, 11) is 0. The fourth-order valence-corrected chi connectivity index (χ4v) is 3.66. The minimum Gasteiger partial charge on any atom is -0.481 e. The van der Waals surface area contributed by atoms with Gasteiger partial charge < -0.3 is 10.4 Å². The molecule has 1 aliphatic rings. The zero-order chi connectivity index (χ0) is 18.0. The SMILES string of the molecule is Cc1cn(-c2ccccc2Cl)nc1C(=O)NC1(CC(=O)O)CCCC1. The molecule has 2 N–H and O–H groups in total. The van der Waals surface area contributed by atoms with Gasteiger partial charge in [-0.3, -0.25) is 9.59 Å². The van der Waals surface area contributed by atoms with Gasteiger partial charge in [0.05, 0.1) is 22.7 Å². The summed E-state index contributed by atoms with van der Waals surface area (Å²) < 4.78 is 1.57. The lowest BCUT2D eigenvalue weighted by molar-refractivity contribution is -0.138. The van der Waals surface area contributed by atoms with E-state index in [1.54, 1.807) is 23.9 Å². The number of aromatic nitrogens is 2. The fourth-order valence-electron chi connectivity index (χ4n) is 3.43. The van der Waals surface area contributed by atoms with Gasteiger partial charge in [0.15, 0.2) is 5.69 Å². The number of aryl methyl sites for hydroxylation is 1. The molecule has 1 amide bonds. The van der Waals surface area contributed by atoms with Gasteiger partial charge in [-0.25, -0.2) is 4.68 Å². The fraction of sp³-hybridized carbons (Fsp3) is 0.389. The number of nitrogens with zero attached hydrogens (tertiary/aromatic N) is 2. The van der Waals surface area contributed by atoms with Gasteiger partial charge in [-0.2, -0.15) is 5.10 Å². The van der Waals surface area contributed by atoms with Gasteiger partial charge >= 0.3 is 5.97 Å². The molecule has 1 saturated carbocycles. The Kier molecular flexibility index (Phi) is 4.81. The normalized spacial score (nSPS) is 15.9. The third-order valence-electron chi connectivity index (χ3n) is 4.64. The van der Waals surface area contributed by atoms with E-state index in [4.69, 9.17) is 11.6 Å². The minimum atomic E-state index is -0.902. The molecule has 7 heteroatoms. The molecule has 1 aromatic carbocycles. The van der Waals surface area contributed by atoms with E-state index in [-0.39, 0.29) is 18.0 Å². The minimum absolute atomic E-state index is 0.0665. The molecule has 0 spiro atoms. The lowest BCUT2D eigenvalue weighted by atomic mass is 9.93. The second kappa shape index (κ2) is 6.88. The van der Waals surface area contributed by atoms with Crippen LogP contribution in [-0.2, 0) is 4.79 Å². The number of nitrogens with one attached hydrogen (secondary N) is 1. The van der Waals surface area contributed by atoms with Crippen LogP contribution in [0.1, 0.15) is 48.2 Å². The number of para-hydroxylation sites is 1. The molecule has 0 aliphatic heterocycles. The number of carbonyl (C=O) groups excluding carboxylic acids is 1. The summed E-state index contributed by atoms with van der Waals surface area (Å²) in [5.41, 5.74) is 1.01. The van der Waals surface area contributed by atoms with E-state index < -0.39 is 11.5 Å². The van der Waals surface area contributed by atoms with Crippen LogP contribution in [0.25, 0.3) is 5.69 Å². The largest absolute Gasteiger partial charge is 0.481 e. The van der Waals surface area contributed by atoms with Crippen LogP contribution >= 0.6 is 11.6 Å². The number of hydrogen-bond acceptors (Lipinski definition) is 3. The monoisotopic (exact) mass is 361 g/mol. The molecular weight excluding hydrogens is 342 g/mol. The molecule has 1 fully saturated rings. The van der Waals surface area contributed by atoms with E-state index in [0.717, 1.165) is 12.8 Å².